The summed E-state index contributed by atoms with van der Waals surface area (Å²) in [5.74, 6) is -2.60. The molecule has 0 spiro atoms. The molecular weight excluding hydrogens is 479 g/mol. The Morgan fingerprint density at radius 3 is 2.42 bits per heavy atom. The van der Waals surface area contributed by atoms with Crippen molar-refractivity contribution in [3.63, 3.8) is 0 Å². The van der Waals surface area contributed by atoms with Gasteiger partial charge in [0.2, 0.25) is 0 Å². The lowest BCUT2D eigenvalue weighted by molar-refractivity contribution is -0.146. The Labute approximate surface area is 213 Å². The Morgan fingerprint density at radius 2 is 1.72 bits per heavy atom. The molecule has 0 fully saturated rings. The minimum absolute atomic E-state index is 0.209. The van der Waals surface area contributed by atoms with Gasteiger partial charge in [-0.3, -0.25) is 9.79 Å². The molecule has 2 heterocycles. The standard InChI is InChI=1S/C28H27FN2O4S/c1-5-34-27(32)23-16(3)30-17(4)24(28(33)35-6-2)25(23)19-8-7-9-20(14-19)26-31-22(15-36-26)18-10-12-21(29)13-11-18/h7-15,23,25H,5-6H2,1-4H3. The van der Waals surface area contributed by atoms with Gasteiger partial charge in [0.1, 0.15) is 16.7 Å². The van der Waals surface area contributed by atoms with Crippen LogP contribution >= 0.6 is 11.3 Å². The third-order valence-corrected chi connectivity index (χ3v) is 6.89. The van der Waals surface area contributed by atoms with Gasteiger partial charge >= 0.3 is 11.9 Å². The number of ether oxygens (including phenoxy) is 2. The Bertz CT molecular complexity index is 1340. The smallest absolute Gasteiger partial charge is 0.336 e. The number of carbonyl (C=O) groups excluding carboxylic acids is 2. The fraction of sp³-hybridized carbons (Fsp3) is 0.286. The third-order valence-electron chi connectivity index (χ3n) is 6.00. The van der Waals surface area contributed by atoms with Crippen LogP contribution in [0.2, 0.25) is 0 Å². The zero-order chi connectivity index (χ0) is 25.8. The van der Waals surface area contributed by atoms with Crippen molar-refractivity contribution < 1.29 is 23.5 Å². The highest BCUT2D eigenvalue weighted by Gasteiger charge is 2.42. The van der Waals surface area contributed by atoms with Crippen LogP contribution in [0.15, 0.2) is 70.2 Å². The first-order valence-corrected chi connectivity index (χ1v) is 12.6. The number of benzene rings is 2. The predicted octanol–water partition coefficient (Wildman–Crippen LogP) is 6.19. The van der Waals surface area contributed by atoms with Gasteiger partial charge in [0, 0.05) is 33.8 Å². The molecule has 6 nitrogen and oxygen atoms in total. The van der Waals surface area contributed by atoms with Gasteiger partial charge in [-0.1, -0.05) is 18.2 Å². The number of nitrogens with zero attached hydrogens (tertiary/aromatic N) is 2. The summed E-state index contributed by atoms with van der Waals surface area (Å²) < 4.78 is 24.0. The fourth-order valence-electron chi connectivity index (χ4n) is 4.43. The highest BCUT2D eigenvalue weighted by atomic mass is 32.1. The molecule has 0 saturated carbocycles. The van der Waals surface area contributed by atoms with Crippen molar-refractivity contribution >= 4 is 29.0 Å². The van der Waals surface area contributed by atoms with Gasteiger partial charge < -0.3 is 9.47 Å². The highest BCUT2D eigenvalue weighted by Crippen LogP contribution is 2.41. The molecule has 0 saturated heterocycles. The van der Waals surface area contributed by atoms with Gasteiger partial charge in [0.15, 0.2) is 0 Å². The zero-order valence-corrected chi connectivity index (χ0v) is 21.4. The maximum Gasteiger partial charge on any atom is 0.336 e. The van der Waals surface area contributed by atoms with Crippen molar-refractivity contribution in [2.24, 2.45) is 10.9 Å². The summed E-state index contributed by atoms with van der Waals surface area (Å²) in [6.07, 6.45) is 0. The lowest BCUT2D eigenvalue weighted by Crippen LogP contribution is -2.36. The molecule has 1 aliphatic heterocycles. The first-order chi connectivity index (χ1) is 17.3. The summed E-state index contributed by atoms with van der Waals surface area (Å²) in [6, 6.07) is 13.8. The topological polar surface area (TPSA) is 77.8 Å². The van der Waals surface area contributed by atoms with E-state index in [1.54, 1.807) is 39.8 Å². The first-order valence-electron chi connectivity index (χ1n) is 11.8. The number of carbonyl (C=O) groups is 2. The van der Waals surface area contributed by atoms with Crippen LogP contribution in [0.4, 0.5) is 4.39 Å². The normalized spacial score (nSPS) is 17.5. The summed E-state index contributed by atoms with van der Waals surface area (Å²) >= 11 is 1.46. The number of aliphatic imine (C=N–C) groups is 1. The van der Waals surface area contributed by atoms with Crippen LogP contribution < -0.4 is 0 Å². The van der Waals surface area contributed by atoms with Crippen molar-refractivity contribution in [1.82, 2.24) is 4.98 Å². The molecule has 0 amide bonds. The maximum absolute atomic E-state index is 13.3. The Kier molecular flexibility index (Phi) is 7.74. The second-order valence-corrected chi connectivity index (χ2v) is 9.21. The minimum atomic E-state index is -0.755. The molecule has 4 rings (SSSR count). The lowest BCUT2D eigenvalue weighted by Gasteiger charge is -2.31. The predicted molar refractivity (Wildman–Crippen MR) is 138 cm³/mol. The van der Waals surface area contributed by atoms with Crippen molar-refractivity contribution in [1.29, 1.82) is 0 Å². The van der Waals surface area contributed by atoms with Crippen LogP contribution in [0.1, 0.15) is 39.2 Å². The van der Waals surface area contributed by atoms with E-state index in [1.165, 1.54) is 23.5 Å². The SMILES string of the molecule is CCOC(=O)C1=C(C)N=C(C)C(C(=O)OCC)C1c1cccc(-c2nc(-c3ccc(F)cc3)cs2)c1. The summed E-state index contributed by atoms with van der Waals surface area (Å²) in [7, 11) is 0. The van der Waals surface area contributed by atoms with E-state index in [2.05, 4.69) is 4.99 Å². The van der Waals surface area contributed by atoms with Gasteiger partial charge in [-0.05, 0) is 63.6 Å². The molecular formula is C28H27FN2O4S. The van der Waals surface area contributed by atoms with E-state index in [0.717, 1.165) is 27.4 Å². The number of hydrogen-bond acceptors (Lipinski definition) is 7. The van der Waals surface area contributed by atoms with Crippen molar-refractivity contribution in [3.8, 4) is 21.8 Å². The van der Waals surface area contributed by atoms with Crippen LogP contribution in [0, 0.1) is 11.7 Å². The van der Waals surface area contributed by atoms with Crippen molar-refractivity contribution in [2.75, 3.05) is 13.2 Å². The Morgan fingerprint density at radius 1 is 1.00 bits per heavy atom. The summed E-state index contributed by atoms with van der Waals surface area (Å²) in [5, 5.41) is 2.69. The van der Waals surface area contributed by atoms with E-state index in [-0.39, 0.29) is 19.0 Å². The number of allylic oxidation sites excluding steroid dienone is 1. The van der Waals surface area contributed by atoms with Gasteiger partial charge in [0.25, 0.3) is 0 Å². The quantitative estimate of drug-likeness (QED) is 0.357. The Hall–Kier alpha value is -3.65. The number of esters is 2. The van der Waals surface area contributed by atoms with Crippen molar-refractivity contribution in [3.05, 3.63) is 76.6 Å². The lowest BCUT2D eigenvalue weighted by atomic mass is 9.75. The van der Waals surface area contributed by atoms with E-state index in [1.807, 2.05) is 29.6 Å². The van der Waals surface area contributed by atoms with Crippen LogP contribution in [-0.4, -0.2) is 35.8 Å². The van der Waals surface area contributed by atoms with E-state index in [9.17, 15) is 14.0 Å². The molecule has 0 aliphatic carbocycles. The molecule has 1 aliphatic rings. The van der Waals surface area contributed by atoms with Crippen LogP contribution in [0.5, 0.6) is 0 Å². The molecule has 0 bridgehead atoms. The van der Waals surface area contributed by atoms with Gasteiger partial charge in [-0.15, -0.1) is 11.3 Å². The number of hydrogen-bond donors (Lipinski definition) is 0. The zero-order valence-electron chi connectivity index (χ0n) is 20.6. The largest absolute Gasteiger partial charge is 0.465 e. The molecule has 0 radical (unpaired) electrons. The van der Waals surface area contributed by atoms with E-state index in [4.69, 9.17) is 14.5 Å². The molecule has 2 aromatic carbocycles. The Balaban J connectivity index is 1.78. The van der Waals surface area contributed by atoms with Crippen LogP contribution in [-0.2, 0) is 19.1 Å². The van der Waals surface area contributed by atoms with Crippen LogP contribution in [0.3, 0.4) is 0 Å². The van der Waals surface area contributed by atoms with Gasteiger partial charge in [-0.25, -0.2) is 14.2 Å². The van der Waals surface area contributed by atoms with E-state index < -0.39 is 23.8 Å². The number of halogens is 1. The highest BCUT2D eigenvalue weighted by molar-refractivity contribution is 7.13. The summed E-state index contributed by atoms with van der Waals surface area (Å²) in [4.78, 5) is 35.3. The molecule has 2 unspecified atom stereocenters. The number of rotatable bonds is 7. The number of aromatic nitrogens is 1. The molecule has 8 heteroatoms. The van der Waals surface area contributed by atoms with E-state index in [0.29, 0.717) is 17.0 Å². The molecule has 1 aromatic heterocycles. The molecule has 186 valence electrons. The summed E-state index contributed by atoms with van der Waals surface area (Å²) in [5.41, 5.74) is 4.63. The molecule has 0 N–H and O–H groups in total. The average Bonchev–Trinajstić information content (AvgIpc) is 3.35. The van der Waals surface area contributed by atoms with Gasteiger partial charge in [-0.2, -0.15) is 0 Å². The molecule has 36 heavy (non-hydrogen) atoms. The van der Waals surface area contributed by atoms with Crippen molar-refractivity contribution in [2.45, 2.75) is 33.6 Å². The van der Waals surface area contributed by atoms with Crippen LogP contribution in [0.25, 0.3) is 21.8 Å². The first kappa shape index (κ1) is 25.4. The molecule has 3 aromatic rings. The second-order valence-electron chi connectivity index (χ2n) is 8.35. The van der Waals surface area contributed by atoms with Gasteiger partial charge in [0.05, 0.1) is 24.5 Å². The monoisotopic (exact) mass is 506 g/mol. The third kappa shape index (κ3) is 5.14. The molecule has 2 atom stereocenters. The second kappa shape index (κ2) is 11.0. The summed E-state index contributed by atoms with van der Waals surface area (Å²) in [6.45, 7) is 7.45. The van der Waals surface area contributed by atoms with E-state index >= 15 is 0 Å². The number of thiazole rings is 1. The average molecular weight is 507 g/mol. The fourth-order valence-corrected chi connectivity index (χ4v) is 5.26. The minimum Gasteiger partial charge on any atom is -0.465 e. The maximum atomic E-state index is 13.3.